The number of carbonyl (C=O) groups is 2. The zero-order valence-corrected chi connectivity index (χ0v) is 23.8. The van der Waals surface area contributed by atoms with E-state index in [0.717, 1.165) is 27.3 Å². The van der Waals surface area contributed by atoms with Gasteiger partial charge in [0.2, 0.25) is 11.8 Å². The van der Waals surface area contributed by atoms with E-state index in [-0.39, 0.29) is 37.6 Å². The lowest BCUT2D eigenvalue weighted by Crippen LogP contribution is -2.31. The third kappa shape index (κ3) is 9.04. The molecule has 10 heteroatoms. The van der Waals surface area contributed by atoms with Crippen LogP contribution in [0.4, 0.5) is 5.69 Å². The van der Waals surface area contributed by atoms with Gasteiger partial charge < -0.3 is 24.6 Å². The van der Waals surface area contributed by atoms with E-state index in [1.807, 2.05) is 72.8 Å². The molecule has 0 aliphatic carbocycles. The zero-order valence-electron chi connectivity index (χ0n) is 23.0. The number of aliphatic hydroxyl groups excluding tert-OH is 1. The molecule has 1 fully saturated rings. The Labute approximate surface area is 244 Å². The van der Waals surface area contributed by atoms with E-state index >= 15 is 0 Å². The van der Waals surface area contributed by atoms with Crippen molar-refractivity contribution >= 4 is 29.3 Å². The van der Waals surface area contributed by atoms with Gasteiger partial charge in [-0.2, -0.15) is 0 Å². The normalized spacial score (nSPS) is 18.5. The second kappa shape index (κ2) is 15.6. The molecule has 1 aliphatic heterocycles. The number of hydroxylamine groups is 1. The monoisotopic (exact) mass is 580 g/mol. The summed E-state index contributed by atoms with van der Waals surface area (Å²) in [6, 6.07) is 23.1. The molecule has 4 N–H and O–H groups in total. The molecule has 0 saturated carbocycles. The highest BCUT2D eigenvalue weighted by Gasteiger charge is 2.32. The van der Waals surface area contributed by atoms with Gasteiger partial charge in [-0.15, -0.1) is 11.8 Å². The number of nitrogens with one attached hydrogen (secondary N) is 2. The van der Waals surface area contributed by atoms with Crippen molar-refractivity contribution < 1.29 is 34.1 Å². The molecule has 0 aromatic heterocycles. The Kier molecular flexibility index (Phi) is 11.6. The van der Waals surface area contributed by atoms with Crippen molar-refractivity contribution in [3.63, 3.8) is 0 Å². The first-order chi connectivity index (χ1) is 20.0. The fourth-order valence-corrected chi connectivity index (χ4v) is 5.61. The van der Waals surface area contributed by atoms with Crippen LogP contribution in [0.15, 0.2) is 77.7 Å². The van der Waals surface area contributed by atoms with Gasteiger partial charge in [-0.1, -0.05) is 48.5 Å². The van der Waals surface area contributed by atoms with Crippen LogP contribution in [0.25, 0.3) is 0 Å². The first-order valence-electron chi connectivity index (χ1n) is 13.6. The quantitative estimate of drug-likeness (QED) is 0.0900. The number of thioether (sulfide) groups is 1. The number of para-hydroxylation sites is 1. The van der Waals surface area contributed by atoms with Crippen LogP contribution >= 0.6 is 11.8 Å². The molecule has 2 amide bonds. The van der Waals surface area contributed by atoms with Gasteiger partial charge in [0.15, 0.2) is 6.29 Å². The summed E-state index contributed by atoms with van der Waals surface area (Å²) in [5.74, 6) is 0.881. The van der Waals surface area contributed by atoms with Crippen LogP contribution in [0.5, 0.6) is 5.75 Å². The minimum absolute atomic E-state index is 0.0216. The summed E-state index contributed by atoms with van der Waals surface area (Å²) in [6.07, 6.45) is 1.10. The molecule has 1 saturated heterocycles. The van der Waals surface area contributed by atoms with Crippen LogP contribution in [0.1, 0.15) is 61.2 Å². The molecule has 1 aliphatic rings. The van der Waals surface area contributed by atoms with Crippen LogP contribution in [-0.2, 0) is 25.7 Å². The average molecular weight is 581 g/mol. The second-order valence-corrected chi connectivity index (χ2v) is 10.8. The van der Waals surface area contributed by atoms with E-state index < -0.39 is 12.2 Å². The maximum atomic E-state index is 12.5. The van der Waals surface area contributed by atoms with Gasteiger partial charge in [0, 0.05) is 41.2 Å². The van der Waals surface area contributed by atoms with Crippen LogP contribution in [0.2, 0.25) is 0 Å². The van der Waals surface area contributed by atoms with E-state index in [2.05, 4.69) is 5.32 Å². The minimum atomic E-state index is -0.650. The van der Waals surface area contributed by atoms with E-state index in [0.29, 0.717) is 30.7 Å². The number of carbonyl (C=O) groups excluding carboxylic acids is 2. The van der Waals surface area contributed by atoms with E-state index in [1.54, 1.807) is 24.4 Å². The highest BCUT2D eigenvalue weighted by atomic mass is 32.2. The summed E-state index contributed by atoms with van der Waals surface area (Å²) in [7, 11) is 1.66. The fraction of sp³-hybridized carbons (Fsp3) is 0.355. The molecule has 218 valence electrons. The molecule has 0 radical (unpaired) electrons. The Morgan fingerprint density at radius 3 is 2.44 bits per heavy atom. The molecule has 3 aromatic rings. The maximum absolute atomic E-state index is 12.5. The van der Waals surface area contributed by atoms with Crippen molar-refractivity contribution in [1.29, 1.82) is 0 Å². The molecule has 1 heterocycles. The van der Waals surface area contributed by atoms with Gasteiger partial charge in [-0.05, 0) is 48.2 Å². The van der Waals surface area contributed by atoms with Gasteiger partial charge in [0.05, 0.1) is 25.9 Å². The zero-order chi connectivity index (χ0) is 29.0. The van der Waals surface area contributed by atoms with Crippen LogP contribution < -0.4 is 15.5 Å². The lowest BCUT2D eigenvalue weighted by molar-refractivity contribution is -0.245. The number of methoxy groups -OCH3 is 1. The summed E-state index contributed by atoms with van der Waals surface area (Å²) in [4.78, 5) is 24.6. The molecule has 0 unspecified atom stereocenters. The number of rotatable bonds is 13. The molecule has 9 nitrogen and oxygen atoms in total. The lowest BCUT2D eigenvalue weighted by atomic mass is 10.0. The largest absolute Gasteiger partial charge is 0.496 e. The fourth-order valence-electron chi connectivity index (χ4n) is 4.56. The SMILES string of the molecule is COc1ccccc1SC[C@H]1C[C@@H](c2ccc(CO)cc2)O[C@@H](c2cccc(NC(=O)CCCCC(=O)NO)c2)O1. The lowest BCUT2D eigenvalue weighted by Gasteiger charge is -2.36. The van der Waals surface area contributed by atoms with Crippen molar-refractivity contribution in [2.24, 2.45) is 0 Å². The first kappa shape index (κ1) is 30.5. The number of amides is 2. The predicted molar refractivity (Wildman–Crippen MR) is 156 cm³/mol. The highest BCUT2D eigenvalue weighted by molar-refractivity contribution is 7.99. The molecule has 4 rings (SSSR count). The minimum Gasteiger partial charge on any atom is -0.496 e. The highest BCUT2D eigenvalue weighted by Crippen LogP contribution is 2.40. The average Bonchev–Trinajstić information content (AvgIpc) is 3.02. The Hall–Kier alpha value is -3.41. The molecule has 41 heavy (non-hydrogen) atoms. The number of ether oxygens (including phenoxy) is 3. The molecular weight excluding hydrogens is 544 g/mol. The number of aliphatic hydroxyl groups is 1. The third-order valence-corrected chi connectivity index (χ3v) is 7.92. The number of hydrogen-bond acceptors (Lipinski definition) is 8. The standard InChI is InChI=1S/C31H36N2O7S/c1-38-26-9-2-3-10-28(26)41-20-25-18-27(22-15-13-21(19-34)14-16-22)40-31(39-25)23-7-6-8-24(17-23)32-29(35)11-4-5-12-30(36)33-37/h2-3,6-10,13-17,25,27,31,34,37H,4-5,11-12,18-20H2,1H3,(H,32,35)(H,33,36)/t25-,27+,31+/m1/s1. The summed E-state index contributed by atoms with van der Waals surface area (Å²) in [5, 5.41) is 20.9. The second-order valence-electron chi connectivity index (χ2n) is 9.73. The molecule has 0 bridgehead atoms. The molecular formula is C31H36N2O7S. The van der Waals surface area contributed by atoms with Gasteiger partial charge in [0.1, 0.15) is 5.75 Å². The van der Waals surface area contributed by atoms with Gasteiger partial charge in [-0.3, -0.25) is 14.8 Å². The number of anilines is 1. The Morgan fingerprint density at radius 2 is 1.71 bits per heavy atom. The Balaban J connectivity index is 1.45. The van der Waals surface area contributed by atoms with Crippen molar-refractivity contribution in [2.45, 2.75) is 62.1 Å². The molecule has 3 aromatic carbocycles. The maximum Gasteiger partial charge on any atom is 0.243 e. The van der Waals surface area contributed by atoms with Crippen molar-refractivity contribution in [1.82, 2.24) is 5.48 Å². The smallest absolute Gasteiger partial charge is 0.243 e. The summed E-state index contributed by atoms with van der Waals surface area (Å²) in [5.41, 5.74) is 4.84. The summed E-state index contributed by atoms with van der Waals surface area (Å²) >= 11 is 1.67. The van der Waals surface area contributed by atoms with Crippen LogP contribution in [0.3, 0.4) is 0 Å². The van der Waals surface area contributed by atoms with Crippen LogP contribution in [0, 0.1) is 0 Å². The van der Waals surface area contributed by atoms with Gasteiger partial charge in [0.25, 0.3) is 0 Å². The van der Waals surface area contributed by atoms with Crippen molar-refractivity contribution in [3.05, 3.63) is 89.5 Å². The Bertz CT molecular complexity index is 1290. The van der Waals surface area contributed by atoms with E-state index in [1.165, 1.54) is 0 Å². The van der Waals surface area contributed by atoms with Gasteiger partial charge >= 0.3 is 0 Å². The molecule has 3 atom stereocenters. The Morgan fingerprint density at radius 1 is 0.951 bits per heavy atom. The predicted octanol–water partition coefficient (Wildman–Crippen LogP) is 5.53. The molecule has 0 spiro atoms. The third-order valence-electron chi connectivity index (χ3n) is 6.73. The van der Waals surface area contributed by atoms with E-state index in [9.17, 15) is 14.7 Å². The summed E-state index contributed by atoms with van der Waals surface area (Å²) < 4.78 is 18.4. The topological polar surface area (TPSA) is 126 Å². The first-order valence-corrected chi connectivity index (χ1v) is 14.6. The van der Waals surface area contributed by atoms with Crippen LogP contribution in [-0.4, -0.2) is 41.1 Å². The summed E-state index contributed by atoms with van der Waals surface area (Å²) in [6.45, 7) is -0.0216. The number of hydrogen-bond donors (Lipinski definition) is 4. The van der Waals surface area contributed by atoms with Crippen molar-refractivity contribution in [3.8, 4) is 5.75 Å². The van der Waals surface area contributed by atoms with Gasteiger partial charge in [-0.25, -0.2) is 5.48 Å². The van der Waals surface area contributed by atoms with Crippen molar-refractivity contribution in [2.75, 3.05) is 18.2 Å². The number of unbranched alkanes of at least 4 members (excludes halogenated alkanes) is 1. The van der Waals surface area contributed by atoms with E-state index in [4.69, 9.17) is 19.4 Å². The number of benzene rings is 3.